The van der Waals surface area contributed by atoms with Crippen LogP contribution in [0.25, 0.3) is 0 Å². The first-order valence-corrected chi connectivity index (χ1v) is 8.39. The van der Waals surface area contributed by atoms with Crippen molar-refractivity contribution in [2.45, 2.75) is 19.9 Å². The number of nitrogens with one attached hydrogen (secondary N) is 2. The first-order chi connectivity index (χ1) is 12.3. The summed E-state index contributed by atoms with van der Waals surface area (Å²) < 4.78 is 10.4. The van der Waals surface area contributed by atoms with Crippen molar-refractivity contribution in [3.05, 3.63) is 53.7 Å². The summed E-state index contributed by atoms with van der Waals surface area (Å²) in [6.07, 6.45) is 2.62. The second kappa shape index (κ2) is 10.2. The Morgan fingerprint density at radius 3 is 2.56 bits per heavy atom. The molecular weight excluding hydrogens is 316 g/mol. The fraction of sp³-hybridized carbons (Fsp3) is 0.368. The summed E-state index contributed by atoms with van der Waals surface area (Å²) >= 11 is 0. The van der Waals surface area contributed by atoms with Crippen molar-refractivity contribution in [2.24, 2.45) is 4.99 Å². The van der Waals surface area contributed by atoms with Crippen LogP contribution in [0.4, 0.5) is 0 Å². The summed E-state index contributed by atoms with van der Waals surface area (Å²) in [5, 5.41) is 6.60. The molecule has 0 aliphatic heterocycles. The number of ether oxygens (including phenoxy) is 2. The van der Waals surface area contributed by atoms with E-state index in [1.807, 2.05) is 31.2 Å². The van der Waals surface area contributed by atoms with Crippen molar-refractivity contribution < 1.29 is 9.47 Å². The van der Waals surface area contributed by atoms with E-state index in [2.05, 4.69) is 32.7 Å². The molecule has 25 heavy (non-hydrogen) atoms. The molecule has 1 heterocycles. The van der Waals surface area contributed by atoms with E-state index in [0.29, 0.717) is 12.4 Å². The molecule has 2 N–H and O–H groups in total. The number of nitrogens with zero attached hydrogens (tertiary/aromatic N) is 2. The minimum atomic E-state index is 0.509. The van der Waals surface area contributed by atoms with Crippen LogP contribution in [0, 0.1) is 0 Å². The first-order valence-electron chi connectivity index (χ1n) is 8.39. The van der Waals surface area contributed by atoms with Gasteiger partial charge in [-0.3, -0.25) is 0 Å². The van der Waals surface area contributed by atoms with Crippen molar-refractivity contribution in [1.29, 1.82) is 0 Å². The van der Waals surface area contributed by atoms with Gasteiger partial charge in [-0.1, -0.05) is 18.2 Å². The van der Waals surface area contributed by atoms with E-state index in [0.717, 1.165) is 36.8 Å². The summed E-state index contributed by atoms with van der Waals surface area (Å²) in [5.41, 5.74) is 2.20. The zero-order valence-corrected chi connectivity index (χ0v) is 15.1. The minimum absolute atomic E-state index is 0.509. The molecule has 0 amide bonds. The smallest absolute Gasteiger partial charge is 0.218 e. The number of aliphatic imine (C=N–C) groups is 1. The zero-order chi connectivity index (χ0) is 17.9. The molecule has 0 aliphatic carbocycles. The Balaban J connectivity index is 1.90. The van der Waals surface area contributed by atoms with E-state index >= 15 is 0 Å². The molecule has 0 aliphatic rings. The average molecular weight is 342 g/mol. The Bertz CT molecular complexity index is 671. The van der Waals surface area contributed by atoms with Crippen LogP contribution in [-0.4, -0.2) is 38.3 Å². The van der Waals surface area contributed by atoms with Crippen molar-refractivity contribution in [2.75, 3.05) is 27.3 Å². The number of aromatic nitrogens is 1. The summed E-state index contributed by atoms with van der Waals surface area (Å²) in [5.74, 6) is 2.26. The number of hydrogen-bond acceptors (Lipinski definition) is 4. The Labute approximate surface area is 149 Å². The van der Waals surface area contributed by atoms with Crippen LogP contribution in [-0.2, 0) is 13.0 Å². The number of rotatable bonds is 8. The Morgan fingerprint density at radius 1 is 1.08 bits per heavy atom. The Hall–Kier alpha value is -2.76. The van der Waals surface area contributed by atoms with Gasteiger partial charge in [-0.2, -0.15) is 0 Å². The zero-order valence-electron chi connectivity index (χ0n) is 15.1. The fourth-order valence-electron chi connectivity index (χ4n) is 2.35. The van der Waals surface area contributed by atoms with Gasteiger partial charge < -0.3 is 20.1 Å². The molecule has 0 radical (unpaired) electrons. The number of benzene rings is 1. The van der Waals surface area contributed by atoms with Gasteiger partial charge in [0.05, 0.1) is 20.8 Å². The van der Waals surface area contributed by atoms with Crippen LogP contribution in [0.1, 0.15) is 18.1 Å². The predicted molar refractivity (Wildman–Crippen MR) is 100 cm³/mol. The monoisotopic (exact) mass is 342 g/mol. The topological polar surface area (TPSA) is 67.8 Å². The summed E-state index contributed by atoms with van der Waals surface area (Å²) in [7, 11) is 3.29. The highest BCUT2D eigenvalue weighted by molar-refractivity contribution is 5.79. The molecule has 134 valence electrons. The molecule has 6 nitrogen and oxygen atoms in total. The second-order valence-corrected chi connectivity index (χ2v) is 5.39. The van der Waals surface area contributed by atoms with Gasteiger partial charge in [-0.25, -0.2) is 9.98 Å². The van der Waals surface area contributed by atoms with Gasteiger partial charge in [0.2, 0.25) is 5.88 Å². The number of guanidine groups is 1. The maximum Gasteiger partial charge on any atom is 0.218 e. The first kappa shape index (κ1) is 18.6. The van der Waals surface area contributed by atoms with E-state index in [1.54, 1.807) is 20.4 Å². The molecule has 0 fully saturated rings. The van der Waals surface area contributed by atoms with Crippen molar-refractivity contribution >= 4 is 5.96 Å². The largest absolute Gasteiger partial charge is 0.497 e. The van der Waals surface area contributed by atoms with E-state index in [1.165, 1.54) is 5.56 Å². The standard InChI is InChI=1S/C19H26N4O2/c1-4-20-19(23-14-16-6-5-12-21-18(16)25-3)22-13-11-15-7-9-17(24-2)10-8-15/h5-10,12H,4,11,13-14H2,1-3H3,(H2,20,22,23). The van der Waals surface area contributed by atoms with Gasteiger partial charge in [-0.05, 0) is 37.1 Å². The van der Waals surface area contributed by atoms with Crippen LogP contribution >= 0.6 is 0 Å². The summed E-state index contributed by atoms with van der Waals surface area (Å²) in [4.78, 5) is 8.80. The minimum Gasteiger partial charge on any atom is -0.497 e. The third-order valence-electron chi connectivity index (χ3n) is 3.66. The van der Waals surface area contributed by atoms with Crippen LogP contribution in [0.3, 0.4) is 0 Å². The molecule has 1 aromatic heterocycles. The van der Waals surface area contributed by atoms with Crippen molar-refractivity contribution in [3.63, 3.8) is 0 Å². The third kappa shape index (κ3) is 5.99. The predicted octanol–water partition coefficient (Wildman–Crippen LogP) is 2.40. The number of methoxy groups -OCH3 is 2. The van der Waals surface area contributed by atoms with Gasteiger partial charge in [0.1, 0.15) is 5.75 Å². The normalized spacial score (nSPS) is 11.1. The van der Waals surface area contributed by atoms with Gasteiger partial charge in [0.15, 0.2) is 5.96 Å². The second-order valence-electron chi connectivity index (χ2n) is 5.39. The molecule has 0 saturated heterocycles. The van der Waals surface area contributed by atoms with Crippen molar-refractivity contribution in [3.8, 4) is 11.6 Å². The summed E-state index contributed by atoms with van der Waals surface area (Å²) in [6, 6.07) is 12.0. The molecule has 1 aromatic carbocycles. The maximum atomic E-state index is 5.26. The fourth-order valence-corrected chi connectivity index (χ4v) is 2.35. The lowest BCUT2D eigenvalue weighted by Crippen LogP contribution is -2.38. The van der Waals surface area contributed by atoms with Gasteiger partial charge >= 0.3 is 0 Å². The molecule has 6 heteroatoms. The van der Waals surface area contributed by atoms with Crippen molar-refractivity contribution in [1.82, 2.24) is 15.6 Å². The lowest BCUT2D eigenvalue weighted by atomic mass is 10.1. The van der Waals surface area contributed by atoms with Crippen LogP contribution in [0.5, 0.6) is 11.6 Å². The molecule has 0 unspecified atom stereocenters. The van der Waals surface area contributed by atoms with E-state index in [9.17, 15) is 0 Å². The molecule has 0 atom stereocenters. The van der Waals surface area contributed by atoms with Crippen LogP contribution in [0.2, 0.25) is 0 Å². The summed E-state index contributed by atoms with van der Waals surface area (Å²) in [6.45, 7) is 4.15. The van der Waals surface area contributed by atoms with Crippen LogP contribution in [0.15, 0.2) is 47.6 Å². The lowest BCUT2D eigenvalue weighted by Gasteiger charge is -2.12. The van der Waals surface area contributed by atoms with Crippen LogP contribution < -0.4 is 20.1 Å². The quantitative estimate of drug-likeness (QED) is 0.569. The molecule has 0 bridgehead atoms. The van der Waals surface area contributed by atoms with E-state index in [-0.39, 0.29) is 0 Å². The van der Waals surface area contributed by atoms with E-state index < -0.39 is 0 Å². The number of hydrogen-bond donors (Lipinski definition) is 2. The average Bonchev–Trinajstić information content (AvgIpc) is 2.66. The molecule has 0 saturated carbocycles. The SMILES string of the molecule is CCNC(=NCc1cccnc1OC)NCCc1ccc(OC)cc1. The number of pyridine rings is 1. The molecule has 2 aromatic rings. The highest BCUT2D eigenvalue weighted by atomic mass is 16.5. The molecule has 2 rings (SSSR count). The maximum absolute atomic E-state index is 5.26. The van der Waals surface area contributed by atoms with Gasteiger partial charge in [-0.15, -0.1) is 0 Å². The third-order valence-corrected chi connectivity index (χ3v) is 3.66. The molecular formula is C19H26N4O2. The van der Waals surface area contributed by atoms with E-state index in [4.69, 9.17) is 9.47 Å². The highest BCUT2D eigenvalue weighted by Crippen LogP contribution is 2.14. The lowest BCUT2D eigenvalue weighted by molar-refractivity contribution is 0.392. The highest BCUT2D eigenvalue weighted by Gasteiger charge is 2.03. The van der Waals surface area contributed by atoms with Gasteiger partial charge in [0, 0.05) is 24.8 Å². The Morgan fingerprint density at radius 2 is 1.88 bits per heavy atom. The Kier molecular flexibility index (Phi) is 7.56. The molecule has 0 spiro atoms. The van der Waals surface area contributed by atoms with Gasteiger partial charge in [0.25, 0.3) is 0 Å².